The van der Waals surface area contributed by atoms with E-state index in [4.69, 9.17) is 22.1 Å². The van der Waals surface area contributed by atoms with Gasteiger partial charge in [0.1, 0.15) is 5.60 Å². The summed E-state index contributed by atoms with van der Waals surface area (Å²) in [6.07, 6.45) is 0.176. The van der Waals surface area contributed by atoms with Crippen molar-refractivity contribution in [2.75, 3.05) is 0 Å². The summed E-state index contributed by atoms with van der Waals surface area (Å²) >= 11 is 6.02. The molecule has 0 aliphatic rings. The number of halogens is 1. The van der Waals surface area contributed by atoms with Crippen LogP contribution in [-0.2, 0) is 20.7 Å². The number of esters is 1. The number of hydrogen-bond donors (Lipinski definition) is 2. The lowest BCUT2D eigenvalue weighted by atomic mass is 9.94. The second-order valence-electron chi connectivity index (χ2n) is 5.81. The lowest BCUT2D eigenvalue weighted by molar-refractivity contribution is -0.167. The van der Waals surface area contributed by atoms with Gasteiger partial charge >= 0.3 is 11.9 Å². The summed E-state index contributed by atoms with van der Waals surface area (Å²) < 4.78 is 5.12. The van der Waals surface area contributed by atoms with E-state index in [1.165, 1.54) is 0 Å². The maximum atomic E-state index is 12.0. The summed E-state index contributed by atoms with van der Waals surface area (Å²) in [5.41, 5.74) is 5.83. The monoisotopic (exact) mass is 313 g/mol. The van der Waals surface area contributed by atoms with Crippen LogP contribution in [0.3, 0.4) is 0 Å². The highest BCUT2D eigenvalue weighted by atomic mass is 35.5. The quantitative estimate of drug-likeness (QED) is 0.643. The van der Waals surface area contributed by atoms with Gasteiger partial charge in [-0.1, -0.05) is 29.8 Å². The normalized spacial score (nSPS) is 14.3. The number of ether oxygens (including phenoxy) is 1. The number of carbonyl (C=O) groups excluding carboxylic acids is 1. The molecule has 1 aromatic rings. The number of nitrogens with two attached hydrogens (primary N) is 1. The van der Waals surface area contributed by atoms with Gasteiger partial charge in [0.05, 0.1) is 0 Å². The second kappa shape index (κ2) is 6.91. The number of rotatable bonds is 5. The molecule has 0 unspecified atom stereocenters. The largest absolute Gasteiger partial charge is 0.481 e. The SMILES string of the molecule is CC(C)(C)OC(=O)[C@H](C(=O)O)[C@@H](N)Cc1ccccc1Cl. The highest BCUT2D eigenvalue weighted by Gasteiger charge is 2.36. The van der Waals surface area contributed by atoms with Crippen molar-refractivity contribution in [2.45, 2.75) is 38.8 Å². The van der Waals surface area contributed by atoms with E-state index >= 15 is 0 Å². The third-order valence-corrected chi connectivity index (χ3v) is 3.14. The molecule has 0 fully saturated rings. The zero-order valence-electron chi connectivity index (χ0n) is 12.3. The molecule has 1 rings (SSSR count). The number of carboxylic acid groups (broad SMARTS) is 1. The van der Waals surface area contributed by atoms with E-state index in [-0.39, 0.29) is 6.42 Å². The second-order valence-corrected chi connectivity index (χ2v) is 6.22. The van der Waals surface area contributed by atoms with E-state index in [9.17, 15) is 14.7 Å². The number of hydrogen-bond acceptors (Lipinski definition) is 4. The minimum Gasteiger partial charge on any atom is -0.481 e. The molecule has 0 saturated heterocycles. The fourth-order valence-electron chi connectivity index (χ4n) is 1.86. The third kappa shape index (κ3) is 5.36. The molecule has 0 saturated carbocycles. The number of carbonyl (C=O) groups is 2. The van der Waals surface area contributed by atoms with Crippen LogP contribution >= 0.6 is 11.6 Å². The fraction of sp³-hybridized carbons (Fsp3) is 0.467. The lowest BCUT2D eigenvalue weighted by Gasteiger charge is -2.25. The maximum Gasteiger partial charge on any atom is 0.322 e. The topological polar surface area (TPSA) is 89.6 Å². The first kappa shape index (κ1) is 17.5. The first-order valence-electron chi connectivity index (χ1n) is 6.56. The van der Waals surface area contributed by atoms with E-state index in [1.807, 2.05) is 0 Å². The van der Waals surface area contributed by atoms with Crippen LogP contribution in [0.1, 0.15) is 26.3 Å². The molecule has 6 heteroatoms. The van der Waals surface area contributed by atoms with Gasteiger partial charge < -0.3 is 15.6 Å². The van der Waals surface area contributed by atoms with Crippen LogP contribution in [0.2, 0.25) is 5.02 Å². The van der Waals surface area contributed by atoms with Crippen LogP contribution in [0.15, 0.2) is 24.3 Å². The van der Waals surface area contributed by atoms with Gasteiger partial charge in [-0.25, -0.2) is 0 Å². The molecule has 5 nitrogen and oxygen atoms in total. The van der Waals surface area contributed by atoms with Crippen molar-refractivity contribution < 1.29 is 19.4 Å². The zero-order valence-corrected chi connectivity index (χ0v) is 13.1. The van der Waals surface area contributed by atoms with Crippen molar-refractivity contribution >= 4 is 23.5 Å². The zero-order chi connectivity index (χ0) is 16.2. The minimum absolute atomic E-state index is 0.176. The van der Waals surface area contributed by atoms with Crippen LogP contribution in [0.5, 0.6) is 0 Å². The summed E-state index contributed by atoms with van der Waals surface area (Å²) in [5.74, 6) is -3.57. The van der Waals surface area contributed by atoms with Crippen molar-refractivity contribution in [2.24, 2.45) is 11.7 Å². The van der Waals surface area contributed by atoms with E-state index in [2.05, 4.69) is 0 Å². The molecule has 3 N–H and O–H groups in total. The Hall–Kier alpha value is -1.59. The van der Waals surface area contributed by atoms with Crippen LogP contribution in [-0.4, -0.2) is 28.7 Å². The Balaban J connectivity index is 2.88. The molecular weight excluding hydrogens is 294 g/mol. The first-order chi connectivity index (χ1) is 9.61. The van der Waals surface area contributed by atoms with Gasteiger partial charge in [0.2, 0.25) is 0 Å². The molecular formula is C15H20ClNO4. The Morgan fingerprint density at radius 3 is 2.38 bits per heavy atom. The van der Waals surface area contributed by atoms with Crippen LogP contribution < -0.4 is 5.73 Å². The van der Waals surface area contributed by atoms with Gasteiger partial charge in [0.15, 0.2) is 5.92 Å². The summed E-state index contributed by atoms with van der Waals surface area (Å²) in [4.78, 5) is 23.3. The first-order valence-corrected chi connectivity index (χ1v) is 6.94. The van der Waals surface area contributed by atoms with Crippen molar-refractivity contribution in [1.82, 2.24) is 0 Å². The summed E-state index contributed by atoms with van der Waals surface area (Å²) in [6, 6.07) is 6.05. The number of benzene rings is 1. The van der Waals surface area contributed by atoms with E-state index in [0.29, 0.717) is 10.6 Å². The van der Waals surface area contributed by atoms with Gasteiger partial charge in [-0.15, -0.1) is 0 Å². The van der Waals surface area contributed by atoms with Gasteiger partial charge in [0, 0.05) is 11.1 Å². The molecule has 0 aliphatic heterocycles. The molecule has 0 spiro atoms. The average Bonchev–Trinajstić information content (AvgIpc) is 2.29. The summed E-state index contributed by atoms with van der Waals surface area (Å²) in [6.45, 7) is 5.01. The third-order valence-electron chi connectivity index (χ3n) is 2.77. The smallest absolute Gasteiger partial charge is 0.322 e. The van der Waals surface area contributed by atoms with Crippen LogP contribution in [0, 0.1) is 5.92 Å². The van der Waals surface area contributed by atoms with E-state index in [1.54, 1.807) is 45.0 Å². The predicted molar refractivity (Wildman–Crippen MR) is 80.1 cm³/mol. The standard InChI is InChI=1S/C15H20ClNO4/c1-15(2,3)21-14(20)12(13(18)19)11(17)8-9-6-4-5-7-10(9)16/h4-7,11-12H,8,17H2,1-3H3,(H,18,19)/t11-,12-/m0/s1. The van der Waals surface area contributed by atoms with Gasteiger partial charge in [0.25, 0.3) is 0 Å². The number of aliphatic carboxylic acids is 1. The Morgan fingerprint density at radius 2 is 1.90 bits per heavy atom. The van der Waals surface area contributed by atoms with E-state index in [0.717, 1.165) is 0 Å². The highest BCUT2D eigenvalue weighted by molar-refractivity contribution is 6.31. The van der Waals surface area contributed by atoms with Crippen molar-refractivity contribution in [3.05, 3.63) is 34.9 Å². The van der Waals surface area contributed by atoms with Gasteiger partial charge in [-0.05, 0) is 38.8 Å². The Kier molecular flexibility index (Phi) is 5.75. The van der Waals surface area contributed by atoms with Crippen molar-refractivity contribution in [1.29, 1.82) is 0 Å². The van der Waals surface area contributed by atoms with Gasteiger partial charge in [-0.3, -0.25) is 9.59 Å². The molecule has 0 radical (unpaired) electrons. The predicted octanol–water partition coefficient (Wildman–Crippen LogP) is 2.25. The Labute approximate surface area is 129 Å². The molecule has 0 aliphatic carbocycles. The average molecular weight is 314 g/mol. The molecule has 1 aromatic carbocycles. The van der Waals surface area contributed by atoms with E-state index < -0.39 is 29.5 Å². The molecule has 21 heavy (non-hydrogen) atoms. The lowest BCUT2D eigenvalue weighted by Crippen LogP contribution is -2.45. The summed E-state index contributed by atoms with van der Waals surface area (Å²) in [7, 11) is 0. The molecule has 0 amide bonds. The molecule has 0 aromatic heterocycles. The molecule has 0 heterocycles. The molecule has 2 atom stereocenters. The number of carboxylic acids is 1. The van der Waals surface area contributed by atoms with Crippen molar-refractivity contribution in [3.8, 4) is 0 Å². The Bertz CT molecular complexity index is 525. The summed E-state index contributed by atoms with van der Waals surface area (Å²) in [5, 5.41) is 9.73. The van der Waals surface area contributed by atoms with Gasteiger partial charge in [-0.2, -0.15) is 0 Å². The maximum absolute atomic E-state index is 12.0. The van der Waals surface area contributed by atoms with Crippen LogP contribution in [0.4, 0.5) is 0 Å². The minimum atomic E-state index is -1.43. The van der Waals surface area contributed by atoms with Crippen LogP contribution in [0.25, 0.3) is 0 Å². The Morgan fingerprint density at radius 1 is 1.33 bits per heavy atom. The highest BCUT2D eigenvalue weighted by Crippen LogP contribution is 2.20. The van der Waals surface area contributed by atoms with Crippen molar-refractivity contribution in [3.63, 3.8) is 0 Å². The molecule has 116 valence electrons. The fourth-order valence-corrected chi connectivity index (χ4v) is 2.07. The molecule has 0 bridgehead atoms.